The van der Waals surface area contributed by atoms with E-state index in [0.717, 1.165) is 16.9 Å². The zero-order valence-corrected chi connectivity index (χ0v) is 17.4. The number of benzene rings is 1. The van der Waals surface area contributed by atoms with Crippen LogP contribution >= 0.6 is 23.6 Å². The summed E-state index contributed by atoms with van der Waals surface area (Å²) >= 11 is 6.50. The van der Waals surface area contributed by atoms with Gasteiger partial charge in [0.2, 0.25) is 5.91 Å². The van der Waals surface area contributed by atoms with Gasteiger partial charge in [0.05, 0.1) is 0 Å². The number of hydrogen-bond acceptors (Lipinski definition) is 5. The number of thiocarbonyl (C=S) groups is 1. The van der Waals surface area contributed by atoms with E-state index in [1.165, 1.54) is 17.4 Å². The van der Waals surface area contributed by atoms with Gasteiger partial charge in [0.1, 0.15) is 5.75 Å². The Morgan fingerprint density at radius 1 is 1.21 bits per heavy atom. The molecular formula is C20H23N3O3S2. The van der Waals surface area contributed by atoms with Crippen LogP contribution in [0.2, 0.25) is 0 Å². The zero-order chi connectivity index (χ0) is 20.4. The van der Waals surface area contributed by atoms with Crippen molar-refractivity contribution < 1.29 is 14.3 Å². The van der Waals surface area contributed by atoms with E-state index in [9.17, 15) is 9.59 Å². The molecule has 28 heavy (non-hydrogen) atoms. The fraction of sp³-hybridized carbons (Fsp3) is 0.250. The summed E-state index contributed by atoms with van der Waals surface area (Å²) in [4.78, 5) is 24.7. The van der Waals surface area contributed by atoms with Crippen molar-refractivity contribution in [2.75, 3.05) is 6.61 Å². The Morgan fingerprint density at radius 3 is 2.71 bits per heavy atom. The van der Waals surface area contributed by atoms with Crippen molar-refractivity contribution in [2.45, 2.75) is 26.2 Å². The molecule has 3 N–H and O–H groups in total. The summed E-state index contributed by atoms with van der Waals surface area (Å²) in [5.41, 5.74) is 5.94. The fourth-order valence-corrected chi connectivity index (χ4v) is 3.04. The topological polar surface area (TPSA) is 79.5 Å². The molecule has 2 aromatic rings. The van der Waals surface area contributed by atoms with Gasteiger partial charge in [0.15, 0.2) is 11.7 Å². The van der Waals surface area contributed by atoms with Gasteiger partial charge in [-0.05, 0) is 53.7 Å². The van der Waals surface area contributed by atoms with Gasteiger partial charge < -0.3 is 4.74 Å². The van der Waals surface area contributed by atoms with Gasteiger partial charge in [-0.25, -0.2) is 0 Å². The second-order valence-corrected chi connectivity index (χ2v) is 7.36. The SMILES string of the molecule is CCC(C)c1ccccc1OCC(=O)NNC(=S)NC(=O)C=Cc1cccs1. The number of hydrogen-bond donors (Lipinski definition) is 3. The van der Waals surface area contributed by atoms with Crippen molar-refractivity contribution >= 4 is 46.6 Å². The third-order valence-electron chi connectivity index (χ3n) is 3.92. The van der Waals surface area contributed by atoms with Gasteiger partial charge in [-0.3, -0.25) is 25.8 Å². The molecule has 1 atom stereocenters. The van der Waals surface area contributed by atoms with Crippen LogP contribution in [0.4, 0.5) is 0 Å². The standard InChI is InChI=1S/C20H23N3O3S2/c1-3-14(2)16-8-4-5-9-17(16)26-13-19(25)22-23-20(27)21-18(24)11-10-15-7-6-12-28-15/h4-12,14H,3,13H2,1-2H3,(H,22,25)(H2,21,23,24,27). The largest absolute Gasteiger partial charge is 0.483 e. The summed E-state index contributed by atoms with van der Waals surface area (Å²) in [6.45, 7) is 4.04. The van der Waals surface area contributed by atoms with E-state index in [1.54, 1.807) is 6.08 Å². The third kappa shape index (κ3) is 7.13. The average molecular weight is 418 g/mol. The Labute approximate surface area is 174 Å². The summed E-state index contributed by atoms with van der Waals surface area (Å²) in [5, 5.41) is 4.36. The number of nitrogens with one attached hydrogen (secondary N) is 3. The Bertz CT molecular complexity index is 835. The lowest BCUT2D eigenvalue weighted by molar-refractivity contribution is -0.123. The number of hydrazine groups is 1. The van der Waals surface area contributed by atoms with Crippen LogP contribution in [-0.4, -0.2) is 23.5 Å². The maximum absolute atomic E-state index is 12.0. The highest BCUT2D eigenvalue weighted by Crippen LogP contribution is 2.28. The van der Waals surface area contributed by atoms with Crippen LogP contribution < -0.4 is 20.9 Å². The average Bonchev–Trinajstić information content (AvgIpc) is 3.22. The molecule has 0 aliphatic heterocycles. The lowest BCUT2D eigenvalue weighted by Crippen LogP contribution is -2.49. The third-order valence-corrected chi connectivity index (χ3v) is 4.96. The highest BCUT2D eigenvalue weighted by Gasteiger charge is 2.11. The lowest BCUT2D eigenvalue weighted by Gasteiger charge is -2.16. The van der Waals surface area contributed by atoms with Crippen LogP contribution in [0.25, 0.3) is 6.08 Å². The van der Waals surface area contributed by atoms with Crippen molar-refractivity contribution in [1.29, 1.82) is 0 Å². The molecule has 148 valence electrons. The molecule has 0 radical (unpaired) electrons. The molecule has 0 aliphatic rings. The molecule has 0 saturated carbocycles. The van der Waals surface area contributed by atoms with E-state index >= 15 is 0 Å². The molecule has 2 amide bonds. The molecule has 0 aliphatic carbocycles. The molecule has 0 spiro atoms. The van der Waals surface area contributed by atoms with Gasteiger partial charge in [0, 0.05) is 11.0 Å². The predicted octanol–water partition coefficient (Wildman–Crippen LogP) is 3.38. The van der Waals surface area contributed by atoms with Gasteiger partial charge in [-0.15, -0.1) is 11.3 Å². The van der Waals surface area contributed by atoms with E-state index < -0.39 is 5.91 Å². The number of carbonyl (C=O) groups excluding carboxylic acids is 2. The number of amides is 2. The first-order valence-electron chi connectivity index (χ1n) is 8.82. The molecule has 1 aromatic carbocycles. The summed E-state index contributed by atoms with van der Waals surface area (Å²) < 4.78 is 5.62. The van der Waals surface area contributed by atoms with E-state index in [1.807, 2.05) is 41.8 Å². The van der Waals surface area contributed by atoms with Crippen LogP contribution in [-0.2, 0) is 9.59 Å². The number of carbonyl (C=O) groups is 2. The van der Waals surface area contributed by atoms with Crippen molar-refractivity contribution in [3.05, 3.63) is 58.3 Å². The summed E-state index contributed by atoms with van der Waals surface area (Å²) in [6, 6.07) is 11.4. The van der Waals surface area contributed by atoms with Crippen LogP contribution in [0.1, 0.15) is 36.6 Å². The quantitative estimate of drug-likeness (QED) is 0.366. The van der Waals surface area contributed by atoms with Crippen molar-refractivity contribution in [2.24, 2.45) is 0 Å². The number of thiophene rings is 1. The highest BCUT2D eigenvalue weighted by molar-refractivity contribution is 7.80. The van der Waals surface area contributed by atoms with Crippen LogP contribution in [0, 0.1) is 0 Å². The van der Waals surface area contributed by atoms with E-state index in [4.69, 9.17) is 17.0 Å². The normalized spacial score (nSPS) is 11.6. The summed E-state index contributed by atoms with van der Waals surface area (Å²) in [6.07, 6.45) is 4.03. The Kier molecular flexibility index (Phi) is 8.64. The van der Waals surface area contributed by atoms with Gasteiger partial charge in [0.25, 0.3) is 5.91 Å². The maximum Gasteiger partial charge on any atom is 0.276 e. The van der Waals surface area contributed by atoms with Crippen molar-refractivity contribution in [3.63, 3.8) is 0 Å². The molecule has 8 heteroatoms. The molecule has 0 saturated heterocycles. The van der Waals surface area contributed by atoms with Crippen molar-refractivity contribution in [3.8, 4) is 5.75 Å². The van der Waals surface area contributed by atoms with Gasteiger partial charge in [-0.1, -0.05) is 38.1 Å². The molecule has 6 nitrogen and oxygen atoms in total. The summed E-state index contributed by atoms with van der Waals surface area (Å²) in [7, 11) is 0. The molecule has 1 heterocycles. The lowest BCUT2D eigenvalue weighted by atomic mass is 9.98. The summed E-state index contributed by atoms with van der Waals surface area (Å²) in [5.74, 6) is 0.215. The fourth-order valence-electron chi connectivity index (χ4n) is 2.27. The Balaban J connectivity index is 1.73. The van der Waals surface area contributed by atoms with E-state index in [2.05, 4.69) is 30.0 Å². The number of ether oxygens (including phenoxy) is 1. The zero-order valence-electron chi connectivity index (χ0n) is 15.7. The predicted molar refractivity (Wildman–Crippen MR) is 116 cm³/mol. The van der Waals surface area contributed by atoms with Crippen LogP contribution in [0.3, 0.4) is 0 Å². The van der Waals surface area contributed by atoms with Crippen LogP contribution in [0.15, 0.2) is 47.9 Å². The molecule has 1 aromatic heterocycles. The monoisotopic (exact) mass is 417 g/mol. The molecule has 2 rings (SSSR count). The first-order valence-corrected chi connectivity index (χ1v) is 10.1. The number of rotatable bonds is 7. The maximum atomic E-state index is 12.0. The smallest absolute Gasteiger partial charge is 0.276 e. The van der Waals surface area contributed by atoms with E-state index in [0.29, 0.717) is 11.7 Å². The van der Waals surface area contributed by atoms with E-state index in [-0.39, 0.29) is 17.6 Å². The molecule has 1 unspecified atom stereocenters. The molecule has 0 fully saturated rings. The Hall–Kier alpha value is -2.71. The second kappa shape index (κ2) is 11.2. The van der Waals surface area contributed by atoms with Gasteiger partial charge in [-0.2, -0.15) is 0 Å². The minimum atomic E-state index is -0.412. The van der Waals surface area contributed by atoms with Crippen molar-refractivity contribution in [1.82, 2.24) is 16.2 Å². The molecular weight excluding hydrogens is 394 g/mol. The first kappa shape index (κ1) is 21.6. The minimum Gasteiger partial charge on any atom is -0.483 e. The van der Waals surface area contributed by atoms with Gasteiger partial charge >= 0.3 is 0 Å². The minimum absolute atomic E-state index is 0.00538. The number of para-hydroxylation sites is 1. The highest BCUT2D eigenvalue weighted by atomic mass is 32.1. The first-order chi connectivity index (χ1) is 13.5. The molecule has 0 bridgehead atoms. The second-order valence-electron chi connectivity index (χ2n) is 5.98. The van der Waals surface area contributed by atoms with Crippen LogP contribution in [0.5, 0.6) is 5.75 Å². The Morgan fingerprint density at radius 2 is 2.00 bits per heavy atom.